The molecule has 1 atom stereocenters. The molecule has 188 valence electrons. The van der Waals surface area contributed by atoms with Crippen LogP contribution in [-0.4, -0.2) is 35.0 Å². The first-order valence-corrected chi connectivity index (χ1v) is 12.3. The number of ketones is 1. The highest BCUT2D eigenvalue weighted by molar-refractivity contribution is 6.52. The summed E-state index contributed by atoms with van der Waals surface area (Å²) in [5, 5.41) is 12.6. The van der Waals surface area contributed by atoms with Crippen LogP contribution in [-0.2, 0) is 9.59 Å². The molecule has 0 bridgehead atoms. The Morgan fingerprint density at radius 1 is 0.973 bits per heavy atom. The van der Waals surface area contributed by atoms with Gasteiger partial charge in [0, 0.05) is 40.0 Å². The van der Waals surface area contributed by atoms with Gasteiger partial charge in [-0.25, -0.2) is 0 Å². The van der Waals surface area contributed by atoms with Crippen LogP contribution in [0, 0.1) is 0 Å². The van der Waals surface area contributed by atoms with Crippen molar-refractivity contribution >= 4 is 45.6 Å². The molecule has 37 heavy (non-hydrogen) atoms. The molecule has 0 spiro atoms. The molecule has 7 nitrogen and oxygen atoms in total. The molecule has 1 aliphatic rings. The van der Waals surface area contributed by atoms with Crippen molar-refractivity contribution in [1.29, 1.82) is 0 Å². The molecule has 3 aromatic carbocycles. The van der Waals surface area contributed by atoms with Crippen LogP contribution in [0.5, 0.6) is 11.5 Å². The Kier molecular flexibility index (Phi) is 6.63. The number of nitrogens with one attached hydrogen (secondary N) is 1. The summed E-state index contributed by atoms with van der Waals surface area (Å²) in [4.78, 5) is 31.7. The van der Waals surface area contributed by atoms with E-state index in [1.54, 1.807) is 48.7 Å². The molecule has 0 saturated carbocycles. The van der Waals surface area contributed by atoms with Gasteiger partial charge in [-0.05, 0) is 50.2 Å². The number of hydrogen-bond donors (Lipinski definition) is 2. The van der Waals surface area contributed by atoms with Crippen molar-refractivity contribution in [1.82, 2.24) is 4.98 Å². The van der Waals surface area contributed by atoms with Crippen LogP contribution in [0.15, 0.2) is 78.5 Å². The number of amides is 1. The van der Waals surface area contributed by atoms with Crippen LogP contribution >= 0.6 is 11.6 Å². The van der Waals surface area contributed by atoms with Crippen molar-refractivity contribution in [2.75, 3.05) is 18.1 Å². The molecular formula is C29H25ClN2O5. The molecule has 1 saturated heterocycles. The standard InChI is InChI=1S/C29H25ClN2O5/c1-3-36-18-9-7-8-17(14-18)32-26(22-16-31-24-11-6-5-10-20(22)24)25(28(34)29(32)35)27(33)21-15-19(37-4-2)12-13-23(21)30/h5-16,26,31,33H,3-4H2,1-2H3/b27-25+. The van der Waals surface area contributed by atoms with Gasteiger partial charge in [0.2, 0.25) is 0 Å². The Hall–Kier alpha value is -4.23. The fourth-order valence-electron chi connectivity index (χ4n) is 4.69. The van der Waals surface area contributed by atoms with Crippen LogP contribution in [0.3, 0.4) is 0 Å². The number of benzene rings is 3. The van der Waals surface area contributed by atoms with Crippen molar-refractivity contribution in [3.63, 3.8) is 0 Å². The number of ether oxygens (including phenoxy) is 2. The van der Waals surface area contributed by atoms with Gasteiger partial charge in [0.05, 0.1) is 29.9 Å². The minimum atomic E-state index is -0.917. The lowest BCUT2D eigenvalue weighted by atomic mass is 9.94. The van der Waals surface area contributed by atoms with Crippen molar-refractivity contribution < 1.29 is 24.2 Å². The maximum absolute atomic E-state index is 13.6. The third kappa shape index (κ3) is 4.32. The van der Waals surface area contributed by atoms with Gasteiger partial charge >= 0.3 is 0 Å². The zero-order valence-electron chi connectivity index (χ0n) is 20.3. The summed E-state index contributed by atoms with van der Waals surface area (Å²) in [6, 6.07) is 18.5. The highest BCUT2D eigenvalue weighted by Gasteiger charge is 2.48. The summed E-state index contributed by atoms with van der Waals surface area (Å²) in [5.41, 5.74) is 2.11. The first-order valence-electron chi connectivity index (χ1n) is 12.0. The SMILES string of the molecule is CCOc1cccc(N2C(=O)C(=O)/C(=C(/O)c3cc(OCC)ccc3Cl)C2c2c[nH]c3ccccc23)c1. The number of anilines is 1. The van der Waals surface area contributed by atoms with Crippen molar-refractivity contribution in [2.24, 2.45) is 0 Å². The number of aromatic nitrogens is 1. The number of fused-ring (bicyclic) bond motifs is 1. The summed E-state index contributed by atoms with van der Waals surface area (Å²) in [6.07, 6.45) is 1.76. The Bertz CT molecular complexity index is 1540. The van der Waals surface area contributed by atoms with Crippen LogP contribution in [0.1, 0.15) is 31.0 Å². The number of carbonyl (C=O) groups is 2. The summed E-state index contributed by atoms with van der Waals surface area (Å²) < 4.78 is 11.2. The van der Waals surface area contributed by atoms with Crippen molar-refractivity contribution in [3.8, 4) is 11.5 Å². The maximum atomic E-state index is 13.6. The normalized spacial score (nSPS) is 16.9. The molecule has 1 unspecified atom stereocenters. The molecule has 0 aliphatic carbocycles. The molecule has 5 rings (SSSR count). The Morgan fingerprint density at radius 2 is 1.70 bits per heavy atom. The molecular weight excluding hydrogens is 492 g/mol. The lowest BCUT2D eigenvalue weighted by molar-refractivity contribution is -0.132. The molecule has 1 aliphatic heterocycles. The van der Waals surface area contributed by atoms with E-state index in [9.17, 15) is 14.7 Å². The predicted octanol–water partition coefficient (Wildman–Crippen LogP) is 6.25. The van der Waals surface area contributed by atoms with E-state index in [0.29, 0.717) is 36.0 Å². The topological polar surface area (TPSA) is 91.9 Å². The molecule has 1 aromatic heterocycles. The third-order valence-corrected chi connectivity index (χ3v) is 6.60. The van der Waals surface area contributed by atoms with E-state index in [2.05, 4.69) is 4.98 Å². The second-order valence-corrected chi connectivity index (χ2v) is 8.87. The molecule has 2 heterocycles. The average molecular weight is 517 g/mol. The minimum absolute atomic E-state index is 0.0629. The quantitative estimate of drug-likeness (QED) is 0.172. The monoisotopic (exact) mass is 516 g/mol. The Labute approximate surface area is 218 Å². The van der Waals surface area contributed by atoms with Gasteiger partial charge in [-0.15, -0.1) is 0 Å². The highest BCUT2D eigenvalue weighted by Crippen LogP contribution is 2.45. The number of aromatic amines is 1. The summed E-state index contributed by atoms with van der Waals surface area (Å²) in [5.74, 6) is -0.901. The smallest absolute Gasteiger partial charge is 0.300 e. The van der Waals surface area contributed by atoms with E-state index >= 15 is 0 Å². The predicted molar refractivity (Wildman–Crippen MR) is 143 cm³/mol. The first-order chi connectivity index (χ1) is 17.9. The fraction of sp³-hybridized carbons (Fsp3) is 0.172. The maximum Gasteiger partial charge on any atom is 0.300 e. The van der Waals surface area contributed by atoms with Gasteiger partial charge in [-0.2, -0.15) is 0 Å². The second-order valence-electron chi connectivity index (χ2n) is 8.46. The number of Topliss-reactive ketones (excluding diaryl/α,β-unsaturated/α-hetero) is 1. The van der Waals surface area contributed by atoms with E-state index in [0.717, 1.165) is 10.9 Å². The lowest BCUT2D eigenvalue weighted by Gasteiger charge is -2.25. The molecule has 1 fully saturated rings. The van der Waals surface area contributed by atoms with Crippen molar-refractivity contribution in [2.45, 2.75) is 19.9 Å². The van der Waals surface area contributed by atoms with Gasteiger partial charge in [0.15, 0.2) is 0 Å². The average Bonchev–Trinajstić information content (AvgIpc) is 3.44. The summed E-state index contributed by atoms with van der Waals surface area (Å²) >= 11 is 6.45. The van der Waals surface area contributed by atoms with E-state index in [1.807, 2.05) is 38.1 Å². The van der Waals surface area contributed by atoms with Gasteiger partial charge in [-0.1, -0.05) is 35.9 Å². The lowest BCUT2D eigenvalue weighted by Crippen LogP contribution is -2.29. The number of aliphatic hydroxyl groups is 1. The molecule has 0 radical (unpaired) electrons. The number of nitrogens with zero attached hydrogens (tertiary/aromatic N) is 1. The number of rotatable bonds is 7. The summed E-state index contributed by atoms with van der Waals surface area (Å²) in [7, 11) is 0. The van der Waals surface area contributed by atoms with E-state index < -0.39 is 17.7 Å². The zero-order chi connectivity index (χ0) is 26.1. The van der Waals surface area contributed by atoms with Crippen LogP contribution in [0.4, 0.5) is 5.69 Å². The van der Waals surface area contributed by atoms with E-state index in [-0.39, 0.29) is 21.9 Å². The van der Waals surface area contributed by atoms with Crippen LogP contribution < -0.4 is 14.4 Å². The first kappa shape index (κ1) is 24.5. The molecule has 2 N–H and O–H groups in total. The number of para-hydroxylation sites is 1. The van der Waals surface area contributed by atoms with Gasteiger partial charge < -0.3 is 19.6 Å². The molecule has 4 aromatic rings. The number of hydrogen-bond acceptors (Lipinski definition) is 5. The number of halogens is 1. The van der Waals surface area contributed by atoms with Crippen LogP contribution in [0.2, 0.25) is 5.02 Å². The Balaban J connectivity index is 1.76. The van der Waals surface area contributed by atoms with Gasteiger partial charge in [-0.3, -0.25) is 14.5 Å². The Morgan fingerprint density at radius 3 is 2.46 bits per heavy atom. The zero-order valence-corrected chi connectivity index (χ0v) is 21.1. The van der Waals surface area contributed by atoms with Gasteiger partial charge in [0.1, 0.15) is 17.3 Å². The molecule has 1 amide bonds. The highest BCUT2D eigenvalue weighted by atomic mass is 35.5. The number of aliphatic hydroxyl groups excluding tert-OH is 1. The molecule has 8 heteroatoms. The van der Waals surface area contributed by atoms with Crippen molar-refractivity contribution in [3.05, 3.63) is 94.6 Å². The third-order valence-electron chi connectivity index (χ3n) is 6.27. The van der Waals surface area contributed by atoms with Gasteiger partial charge in [0.25, 0.3) is 11.7 Å². The van der Waals surface area contributed by atoms with Crippen LogP contribution in [0.25, 0.3) is 16.7 Å². The minimum Gasteiger partial charge on any atom is -0.507 e. The number of carbonyl (C=O) groups excluding carboxylic acids is 2. The summed E-state index contributed by atoms with van der Waals surface area (Å²) in [6.45, 7) is 4.57. The van der Waals surface area contributed by atoms with E-state index in [1.165, 1.54) is 4.90 Å². The fourth-order valence-corrected chi connectivity index (χ4v) is 4.90. The second kappa shape index (κ2) is 10.0. The van der Waals surface area contributed by atoms with E-state index in [4.69, 9.17) is 21.1 Å². The number of H-pyrrole nitrogens is 1. The largest absolute Gasteiger partial charge is 0.507 e.